The Kier molecular flexibility index (Phi) is 5.81. The Morgan fingerprint density at radius 2 is 2.10 bits per heavy atom. The summed E-state index contributed by atoms with van der Waals surface area (Å²) in [5.41, 5.74) is 3.83. The Bertz CT molecular complexity index is 591. The zero-order valence-electron chi connectivity index (χ0n) is 13.2. The fourth-order valence-electron chi connectivity index (χ4n) is 2.43. The fraction of sp³-hybridized carbons (Fsp3) is 0.471. The molecule has 1 aromatic carbocycles. The van der Waals surface area contributed by atoms with Gasteiger partial charge in [-0.2, -0.15) is 5.10 Å². The summed E-state index contributed by atoms with van der Waals surface area (Å²) in [7, 11) is 2.02. The molecule has 0 saturated heterocycles. The molecule has 1 heterocycles. The summed E-state index contributed by atoms with van der Waals surface area (Å²) in [6.45, 7) is 6.56. The molecule has 4 heteroatoms. The fourth-order valence-corrected chi connectivity index (χ4v) is 3.17. The third-order valence-electron chi connectivity index (χ3n) is 4.06. The lowest BCUT2D eigenvalue weighted by Gasteiger charge is -2.18. The number of benzene rings is 1. The van der Waals surface area contributed by atoms with E-state index in [0.29, 0.717) is 12.1 Å². The maximum absolute atomic E-state index is 4.72. The Labute approximate surface area is 141 Å². The summed E-state index contributed by atoms with van der Waals surface area (Å²) in [4.78, 5) is 0. The summed E-state index contributed by atoms with van der Waals surface area (Å²) >= 11 is 2.44. The number of hydrogen-bond donors (Lipinski definition) is 1. The van der Waals surface area contributed by atoms with Crippen LogP contribution >= 0.6 is 22.6 Å². The van der Waals surface area contributed by atoms with Gasteiger partial charge in [-0.05, 0) is 67.1 Å². The summed E-state index contributed by atoms with van der Waals surface area (Å²) in [5.74, 6) is 0. The van der Waals surface area contributed by atoms with Crippen LogP contribution in [-0.2, 0) is 6.42 Å². The van der Waals surface area contributed by atoms with Gasteiger partial charge >= 0.3 is 0 Å². The van der Waals surface area contributed by atoms with E-state index in [1.807, 2.05) is 7.05 Å². The van der Waals surface area contributed by atoms with E-state index >= 15 is 0 Å². The molecule has 0 spiro atoms. The number of likely N-dealkylation sites (N-methyl/N-ethyl adjacent to an activating group) is 1. The topological polar surface area (TPSA) is 29.9 Å². The Morgan fingerprint density at radius 1 is 1.33 bits per heavy atom. The van der Waals surface area contributed by atoms with Crippen molar-refractivity contribution in [2.24, 2.45) is 0 Å². The third-order valence-corrected chi connectivity index (χ3v) is 5.54. The summed E-state index contributed by atoms with van der Waals surface area (Å²) in [6.07, 6.45) is 4.11. The van der Waals surface area contributed by atoms with Gasteiger partial charge in [-0.25, -0.2) is 0 Å². The second-order valence-electron chi connectivity index (χ2n) is 5.57. The van der Waals surface area contributed by atoms with Crippen LogP contribution in [0.4, 0.5) is 0 Å². The molecule has 0 saturated carbocycles. The molecule has 21 heavy (non-hydrogen) atoms. The second kappa shape index (κ2) is 7.40. The Morgan fingerprint density at radius 3 is 2.76 bits per heavy atom. The minimum absolute atomic E-state index is 0.303. The number of hydrogen-bond acceptors (Lipinski definition) is 2. The zero-order valence-corrected chi connectivity index (χ0v) is 15.4. The van der Waals surface area contributed by atoms with E-state index in [1.165, 1.54) is 14.7 Å². The molecule has 0 radical (unpaired) electrons. The minimum atomic E-state index is 0.303. The lowest BCUT2D eigenvalue weighted by molar-refractivity contribution is 0.469. The highest BCUT2D eigenvalue weighted by atomic mass is 127. The lowest BCUT2D eigenvalue weighted by Crippen LogP contribution is -2.20. The smallest absolute Gasteiger partial charge is 0.0643 e. The molecule has 2 unspecified atom stereocenters. The highest BCUT2D eigenvalue weighted by Gasteiger charge is 2.16. The van der Waals surface area contributed by atoms with E-state index in [9.17, 15) is 0 Å². The first-order chi connectivity index (χ1) is 10.1. The zero-order chi connectivity index (χ0) is 15.4. The maximum Gasteiger partial charge on any atom is 0.0643 e. The van der Waals surface area contributed by atoms with Crippen molar-refractivity contribution in [1.29, 1.82) is 0 Å². The molecular formula is C17H24IN3. The molecule has 0 fully saturated rings. The van der Waals surface area contributed by atoms with Crippen LogP contribution in [0.2, 0.25) is 0 Å². The summed E-state index contributed by atoms with van der Waals surface area (Å²) in [6, 6.07) is 9.41. The van der Waals surface area contributed by atoms with Crippen LogP contribution in [0.3, 0.4) is 0 Å². The number of nitrogens with zero attached hydrogens (tertiary/aromatic N) is 2. The van der Waals surface area contributed by atoms with Crippen LogP contribution < -0.4 is 5.32 Å². The van der Waals surface area contributed by atoms with E-state index in [4.69, 9.17) is 5.10 Å². The Hall–Kier alpha value is -0.880. The molecule has 3 nitrogen and oxygen atoms in total. The van der Waals surface area contributed by atoms with Gasteiger partial charge in [0.2, 0.25) is 0 Å². The molecule has 1 aromatic heterocycles. The van der Waals surface area contributed by atoms with Gasteiger partial charge in [0.1, 0.15) is 0 Å². The number of halogens is 1. The van der Waals surface area contributed by atoms with Crippen LogP contribution in [-0.4, -0.2) is 16.8 Å². The van der Waals surface area contributed by atoms with Crippen LogP contribution in [0.15, 0.2) is 30.5 Å². The molecule has 0 aliphatic carbocycles. The van der Waals surface area contributed by atoms with Gasteiger partial charge in [-0.1, -0.05) is 25.1 Å². The minimum Gasteiger partial charge on any atom is -0.313 e. The monoisotopic (exact) mass is 397 g/mol. The summed E-state index contributed by atoms with van der Waals surface area (Å²) in [5, 5.41) is 8.15. The van der Waals surface area contributed by atoms with Crippen LogP contribution in [0, 0.1) is 10.5 Å². The Balaban J connectivity index is 2.19. The van der Waals surface area contributed by atoms with Crippen molar-refractivity contribution in [2.75, 3.05) is 7.05 Å². The van der Waals surface area contributed by atoms with Crippen LogP contribution in [0.5, 0.6) is 0 Å². The third kappa shape index (κ3) is 3.86. The lowest BCUT2D eigenvalue weighted by atomic mass is 10.0. The first-order valence-corrected chi connectivity index (χ1v) is 8.61. The first-order valence-electron chi connectivity index (χ1n) is 7.53. The van der Waals surface area contributed by atoms with E-state index < -0.39 is 0 Å². The van der Waals surface area contributed by atoms with Gasteiger partial charge in [0.05, 0.1) is 5.69 Å². The van der Waals surface area contributed by atoms with Crippen molar-refractivity contribution in [3.8, 4) is 0 Å². The van der Waals surface area contributed by atoms with Gasteiger partial charge in [-0.15, -0.1) is 0 Å². The molecule has 0 bridgehead atoms. The number of aryl methyl sites for hydroxylation is 1. The average molecular weight is 397 g/mol. The molecular weight excluding hydrogens is 373 g/mol. The van der Waals surface area contributed by atoms with Crippen LogP contribution in [0.1, 0.15) is 49.2 Å². The number of aromatic nitrogens is 2. The van der Waals surface area contributed by atoms with E-state index in [2.05, 4.69) is 83.8 Å². The van der Waals surface area contributed by atoms with Gasteiger partial charge < -0.3 is 5.32 Å². The van der Waals surface area contributed by atoms with Crippen molar-refractivity contribution in [1.82, 2.24) is 15.1 Å². The van der Waals surface area contributed by atoms with E-state index in [0.717, 1.165) is 18.5 Å². The van der Waals surface area contributed by atoms with E-state index in [1.54, 1.807) is 0 Å². The van der Waals surface area contributed by atoms with Crippen molar-refractivity contribution in [2.45, 2.75) is 45.7 Å². The maximum atomic E-state index is 4.72. The molecule has 2 rings (SSSR count). The highest BCUT2D eigenvalue weighted by Crippen LogP contribution is 2.25. The average Bonchev–Trinajstić information content (AvgIpc) is 2.95. The van der Waals surface area contributed by atoms with Crippen molar-refractivity contribution in [3.63, 3.8) is 0 Å². The quantitative estimate of drug-likeness (QED) is 0.738. The predicted octanol–water partition coefficient (Wildman–Crippen LogP) is 4.27. The van der Waals surface area contributed by atoms with Crippen molar-refractivity contribution >= 4 is 22.6 Å². The highest BCUT2D eigenvalue weighted by molar-refractivity contribution is 14.1. The van der Waals surface area contributed by atoms with Crippen molar-refractivity contribution < 1.29 is 0 Å². The standard InChI is InChI=1S/C17H24IN3/c1-5-13(3)21-10-9-14(20-21)11-16(19-4)15-8-6-7-12(2)17(15)18/h6-10,13,16,19H,5,11H2,1-4H3. The summed E-state index contributed by atoms with van der Waals surface area (Å²) < 4.78 is 3.42. The van der Waals surface area contributed by atoms with Crippen molar-refractivity contribution in [3.05, 3.63) is 50.9 Å². The van der Waals surface area contributed by atoms with Gasteiger partial charge in [0, 0.05) is 28.3 Å². The first kappa shape index (κ1) is 16.5. The molecule has 0 aliphatic heterocycles. The van der Waals surface area contributed by atoms with Gasteiger partial charge in [0.25, 0.3) is 0 Å². The van der Waals surface area contributed by atoms with E-state index in [-0.39, 0.29) is 0 Å². The SMILES string of the molecule is CCC(C)n1ccc(CC(NC)c2cccc(C)c2I)n1. The number of nitrogens with one attached hydrogen (secondary N) is 1. The van der Waals surface area contributed by atoms with Crippen LogP contribution in [0.25, 0.3) is 0 Å². The molecule has 2 aromatic rings. The normalized spacial score (nSPS) is 14.1. The van der Waals surface area contributed by atoms with Gasteiger partial charge in [0.15, 0.2) is 0 Å². The molecule has 114 valence electrons. The largest absolute Gasteiger partial charge is 0.313 e. The number of rotatable bonds is 6. The predicted molar refractivity (Wildman–Crippen MR) is 96.6 cm³/mol. The molecule has 2 atom stereocenters. The van der Waals surface area contributed by atoms with Gasteiger partial charge in [-0.3, -0.25) is 4.68 Å². The molecule has 0 amide bonds. The second-order valence-corrected chi connectivity index (χ2v) is 6.65. The molecule has 1 N–H and O–H groups in total. The molecule has 0 aliphatic rings.